The number of pyridine rings is 1. The van der Waals surface area contributed by atoms with Gasteiger partial charge in [-0.2, -0.15) is 9.78 Å². The van der Waals surface area contributed by atoms with E-state index in [9.17, 15) is 14.9 Å². The minimum absolute atomic E-state index is 0.0558. The Kier molecular flexibility index (Phi) is 5.72. The van der Waals surface area contributed by atoms with Crippen LogP contribution in [0.25, 0.3) is 11.9 Å². The Morgan fingerprint density at radius 2 is 2.07 bits per heavy atom. The first-order chi connectivity index (χ1) is 13.3. The van der Waals surface area contributed by atoms with E-state index in [4.69, 9.17) is 23.2 Å². The Balaban J connectivity index is 1.81. The van der Waals surface area contributed by atoms with Crippen LogP contribution in [0.4, 0.5) is 11.5 Å². The molecule has 8 nitrogen and oxygen atoms in total. The van der Waals surface area contributed by atoms with Gasteiger partial charge in [-0.05, 0) is 24.6 Å². The highest BCUT2D eigenvalue weighted by Gasteiger charge is 2.14. The summed E-state index contributed by atoms with van der Waals surface area (Å²) in [4.78, 5) is 26.8. The smallest absolute Gasteiger partial charge is 0.270 e. The second-order valence-electron chi connectivity index (χ2n) is 5.72. The number of carbonyl (C=O) groups is 1. The monoisotopic (exact) mass is 417 g/mol. The van der Waals surface area contributed by atoms with Gasteiger partial charge < -0.3 is 5.32 Å². The lowest BCUT2D eigenvalue weighted by molar-refractivity contribution is -0.384. The van der Waals surface area contributed by atoms with Crippen LogP contribution in [0.3, 0.4) is 0 Å². The lowest BCUT2D eigenvalue weighted by Gasteiger charge is -2.08. The van der Waals surface area contributed by atoms with Crippen molar-refractivity contribution in [3.05, 3.63) is 80.1 Å². The number of halogens is 2. The fraction of sp³-hybridized carbons (Fsp3) is 0.0556. The molecule has 2 heterocycles. The molecule has 0 fully saturated rings. The minimum atomic E-state index is -0.498. The third-order valence-corrected chi connectivity index (χ3v) is 4.06. The summed E-state index contributed by atoms with van der Waals surface area (Å²) in [6, 6.07) is 9.13. The van der Waals surface area contributed by atoms with E-state index in [2.05, 4.69) is 15.4 Å². The summed E-state index contributed by atoms with van der Waals surface area (Å²) in [6.45, 7) is 1.76. The predicted octanol–water partition coefficient (Wildman–Crippen LogP) is 4.44. The summed E-state index contributed by atoms with van der Waals surface area (Å²) >= 11 is 12.0. The van der Waals surface area contributed by atoms with Gasteiger partial charge in [0, 0.05) is 30.5 Å². The molecular formula is C18H13Cl2N5O3. The van der Waals surface area contributed by atoms with Crippen LogP contribution in [0.15, 0.2) is 48.7 Å². The summed E-state index contributed by atoms with van der Waals surface area (Å²) in [5.41, 5.74) is 1.11. The van der Waals surface area contributed by atoms with Crippen molar-refractivity contribution < 1.29 is 9.72 Å². The van der Waals surface area contributed by atoms with Crippen LogP contribution in [0, 0.1) is 17.0 Å². The Morgan fingerprint density at radius 1 is 1.29 bits per heavy atom. The minimum Gasteiger partial charge on any atom is -0.307 e. The van der Waals surface area contributed by atoms with E-state index >= 15 is 0 Å². The zero-order valence-electron chi connectivity index (χ0n) is 14.5. The maximum atomic E-state index is 12.3. The molecule has 0 unspecified atom stereocenters. The highest BCUT2D eigenvalue weighted by Crippen LogP contribution is 2.25. The van der Waals surface area contributed by atoms with Gasteiger partial charge in [0.05, 0.1) is 20.7 Å². The summed E-state index contributed by atoms with van der Waals surface area (Å²) in [5, 5.41) is 18.5. The van der Waals surface area contributed by atoms with E-state index in [0.717, 1.165) is 0 Å². The van der Waals surface area contributed by atoms with Crippen molar-refractivity contribution in [2.45, 2.75) is 6.92 Å². The third-order valence-electron chi connectivity index (χ3n) is 3.58. The molecule has 0 aliphatic rings. The number of carbonyl (C=O) groups excluding carboxylic acids is 1. The molecule has 1 amide bonds. The topological polar surface area (TPSA) is 103 Å². The number of nitro benzene ring substituents is 1. The first kappa shape index (κ1) is 19.5. The molecule has 3 aromatic rings. The fourth-order valence-corrected chi connectivity index (χ4v) is 2.86. The molecule has 0 saturated heterocycles. The average Bonchev–Trinajstić information content (AvgIpc) is 3.00. The van der Waals surface area contributed by atoms with Crippen molar-refractivity contribution in [3.8, 4) is 5.82 Å². The molecule has 0 aliphatic carbocycles. The predicted molar refractivity (Wildman–Crippen MR) is 107 cm³/mol. The largest absolute Gasteiger partial charge is 0.307 e. The number of amides is 1. The molecule has 0 bridgehead atoms. The Bertz CT molecular complexity index is 1090. The van der Waals surface area contributed by atoms with Gasteiger partial charge in [-0.3, -0.25) is 14.9 Å². The number of hydrogen-bond acceptors (Lipinski definition) is 5. The van der Waals surface area contributed by atoms with Crippen LogP contribution in [0.2, 0.25) is 10.0 Å². The lowest BCUT2D eigenvalue weighted by atomic mass is 10.2. The molecule has 0 atom stereocenters. The number of aryl methyl sites for hydroxylation is 1. The summed E-state index contributed by atoms with van der Waals surface area (Å²) < 4.78 is 1.40. The highest BCUT2D eigenvalue weighted by atomic mass is 35.5. The van der Waals surface area contributed by atoms with Gasteiger partial charge in [0.1, 0.15) is 5.82 Å². The van der Waals surface area contributed by atoms with E-state index in [1.54, 1.807) is 25.1 Å². The van der Waals surface area contributed by atoms with Gasteiger partial charge in [-0.25, -0.2) is 4.98 Å². The van der Waals surface area contributed by atoms with Crippen molar-refractivity contribution >= 4 is 46.7 Å². The number of nitrogens with one attached hydrogen (secondary N) is 1. The van der Waals surface area contributed by atoms with Crippen LogP contribution >= 0.6 is 23.2 Å². The maximum absolute atomic E-state index is 12.3. The molecule has 10 heteroatoms. The van der Waals surface area contributed by atoms with E-state index < -0.39 is 10.8 Å². The van der Waals surface area contributed by atoms with E-state index in [-0.39, 0.29) is 10.7 Å². The average molecular weight is 418 g/mol. The van der Waals surface area contributed by atoms with Crippen molar-refractivity contribution in [2.24, 2.45) is 0 Å². The molecule has 1 N–H and O–H groups in total. The zero-order valence-corrected chi connectivity index (χ0v) is 16.0. The van der Waals surface area contributed by atoms with Crippen LogP contribution in [-0.4, -0.2) is 25.6 Å². The Morgan fingerprint density at radius 3 is 2.79 bits per heavy atom. The molecule has 28 heavy (non-hydrogen) atoms. The molecule has 0 radical (unpaired) electrons. The first-order valence-corrected chi connectivity index (χ1v) is 8.70. The molecule has 1 aromatic carbocycles. The molecule has 0 saturated carbocycles. The van der Waals surface area contributed by atoms with E-state index in [0.29, 0.717) is 27.9 Å². The van der Waals surface area contributed by atoms with Gasteiger partial charge in [0.2, 0.25) is 5.91 Å². The van der Waals surface area contributed by atoms with Gasteiger partial charge in [-0.1, -0.05) is 35.3 Å². The van der Waals surface area contributed by atoms with Crippen LogP contribution in [-0.2, 0) is 4.79 Å². The normalized spacial score (nSPS) is 11.0. The number of hydrogen-bond donors (Lipinski definition) is 1. The van der Waals surface area contributed by atoms with Crippen molar-refractivity contribution in [1.29, 1.82) is 0 Å². The standard InChI is InChI=1S/C18H13Cl2N5O3/c1-11-7-16(24(23-11)18-15(20)9-13(19)10-21-18)22-17(26)6-5-12-3-2-4-14(8-12)25(27)28/h2-10H,1H3,(H,22,26)/b6-5+. The number of benzene rings is 1. The molecule has 142 valence electrons. The Hall–Kier alpha value is -3.23. The number of aromatic nitrogens is 3. The highest BCUT2D eigenvalue weighted by molar-refractivity contribution is 6.35. The Labute approximate surface area is 169 Å². The van der Waals surface area contributed by atoms with Gasteiger partial charge in [0.25, 0.3) is 5.69 Å². The first-order valence-electron chi connectivity index (χ1n) is 7.95. The van der Waals surface area contributed by atoms with E-state index in [1.807, 2.05) is 0 Å². The number of nitrogens with zero attached hydrogens (tertiary/aromatic N) is 4. The number of anilines is 1. The summed E-state index contributed by atoms with van der Waals surface area (Å²) in [6.07, 6.45) is 4.17. The van der Waals surface area contributed by atoms with Crippen molar-refractivity contribution in [2.75, 3.05) is 5.32 Å². The van der Waals surface area contributed by atoms with E-state index in [1.165, 1.54) is 41.2 Å². The second-order valence-corrected chi connectivity index (χ2v) is 6.56. The second kappa shape index (κ2) is 8.20. The summed E-state index contributed by atoms with van der Waals surface area (Å²) in [5.74, 6) is 0.234. The van der Waals surface area contributed by atoms with Gasteiger partial charge >= 0.3 is 0 Å². The number of nitro groups is 1. The maximum Gasteiger partial charge on any atom is 0.270 e. The van der Waals surface area contributed by atoms with Crippen LogP contribution < -0.4 is 5.32 Å². The fourth-order valence-electron chi connectivity index (χ4n) is 2.40. The third kappa shape index (κ3) is 4.54. The summed E-state index contributed by atoms with van der Waals surface area (Å²) in [7, 11) is 0. The lowest BCUT2D eigenvalue weighted by Crippen LogP contribution is -2.13. The van der Waals surface area contributed by atoms with Crippen LogP contribution in [0.1, 0.15) is 11.3 Å². The van der Waals surface area contributed by atoms with Crippen molar-refractivity contribution in [1.82, 2.24) is 14.8 Å². The number of non-ortho nitro benzene ring substituents is 1. The molecular weight excluding hydrogens is 405 g/mol. The van der Waals surface area contributed by atoms with Gasteiger partial charge in [-0.15, -0.1) is 0 Å². The van der Waals surface area contributed by atoms with Gasteiger partial charge in [0.15, 0.2) is 5.82 Å². The SMILES string of the molecule is Cc1cc(NC(=O)/C=C/c2cccc([N+](=O)[O-])c2)n(-c2ncc(Cl)cc2Cl)n1. The van der Waals surface area contributed by atoms with Crippen LogP contribution in [0.5, 0.6) is 0 Å². The number of rotatable bonds is 5. The van der Waals surface area contributed by atoms with Crippen molar-refractivity contribution in [3.63, 3.8) is 0 Å². The quantitative estimate of drug-likeness (QED) is 0.375. The molecule has 2 aromatic heterocycles. The zero-order chi connectivity index (χ0) is 20.3. The molecule has 0 aliphatic heterocycles. The molecule has 0 spiro atoms. The molecule has 3 rings (SSSR count).